The fraction of sp³-hybridized carbons (Fsp3) is 0.333. The van der Waals surface area contributed by atoms with E-state index >= 15 is 0 Å². The van der Waals surface area contributed by atoms with Gasteiger partial charge in [0.25, 0.3) is 0 Å². The Morgan fingerprint density at radius 1 is 1.10 bits per heavy atom. The summed E-state index contributed by atoms with van der Waals surface area (Å²) in [6.07, 6.45) is 2.92. The average Bonchev–Trinajstić information content (AvgIpc) is 2.45. The van der Waals surface area contributed by atoms with Gasteiger partial charge in [0.1, 0.15) is 6.10 Å². The van der Waals surface area contributed by atoms with E-state index in [1.54, 1.807) is 0 Å². The van der Waals surface area contributed by atoms with Crippen molar-refractivity contribution in [1.82, 2.24) is 0 Å². The summed E-state index contributed by atoms with van der Waals surface area (Å²) in [5, 5.41) is 11.2. The number of hydrogen-bond acceptors (Lipinski definition) is 1. The van der Waals surface area contributed by atoms with Crippen molar-refractivity contribution in [3.63, 3.8) is 0 Å². The van der Waals surface area contributed by atoms with Gasteiger partial charge in [0, 0.05) is 5.02 Å². The number of aliphatic hydroxyl groups is 1. The largest absolute Gasteiger partial charge is 0.384 e. The zero-order chi connectivity index (χ0) is 14.5. The SMILES string of the molecule is CCCCc1ccc(C(O)c2ccc(Cl)cc2C)cc1. The van der Waals surface area contributed by atoms with Crippen molar-refractivity contribution < 1.29 is 5.11 Å². The first-order valence-corrected chi connectivity index (χ1v) is 7.52. The molecule has 1 unspecified atom stereocenters. The van der Waals surface area contributed by atoms with Gasteiger partial charge in [-0.3, -0.25) is 0 Å². The van der Waals surface area contributed by atoms with Crippen LogP contribution in [0.15, 0.2) is 42.5 Å². The molecule has 0 aliphatic rings. The minimum absolute atomic E-state index is 0.590. The van der Waals surface area contributed by atoms with Crippen molar-refractivity contribution in [1.29, 1.82) is 0 Å². The van der Waals surface area contributed by atoms with Gasteiger partial charge in [-0.25, -0.2) is 0 Å². The Morgan fingerprint density at radius 2 is 1.80 bits per heavy atom. The maximum Gasteiger partial charge on any atom is 0.104 e. The van der Waals surface area contributed by atoms with Crippen LogP contribution in [0.4, 0.5) is 0 Å². The van der Waals surface area contributed by atoms with E-state index in [1.165, 1.54) is 18.4 Å². The number of hydrogen-bond donors (Lipinski definition) is 1. The molecule has 1 nitrogen and oxygen atoms in total. The van der Waals surface area contributed by atoms with Gasteiger partial charge in [0.05, 0.1) is 0 Å². The smallest absolute Gasteiger partial charge is 0.104 e. The molecule has 0 amide bonds. The molecule has 2 rings (SSSR count). The summed E-state index contributed by atoms with van der Waals surface area (Å²) < 4.78 is 0. The van der Waals surface area contributed by atoms with E-state index in [-0.39, 0.29) is 0 Å². The molecule has 1 N–H and O–H groups in total. The molecule has 0 aliphatic carbocycles. The minimum Gasteiger partial charge on any atom is -0.384 e. The lowest BCUT2D eigenvalue weighted by atomic mass is 9.96. The topological polar surface area (TPSA) is 20.2 Å². The molecule has 0 radical (unpaired) electrons. The molecule has 1 atom stereocenters. The third kappa shape index (κ3) is 3.62. The quantitative estimate of drug-likeness (QED) is 0.814. The van der Waals surface area contributed by atoms with E-state index in [1.807, 2.05) is 37.3 Å². The maximum atomic E-state index is 10.5. The maximum absolute atomic E-state index is 10.5. The molecular formula is C18H21ClO. The van der Waals surface area contributed by atoms with Gasteiger partial charge in [-0.2, -0.15) is 0 Å². The molecule has 0 fully saturated rings. The Labute approximate surface area is 126 Å². The normalized spacial score (nSPS) is 12.4. The Morgan fingerprint density at radius 3 is 2.40 bits per heavy atom. The van der Waals surface area contributed by atoms with Crippen LogP contribution in [0.5, 0.6) is 0 Å². The lowest BCUT2D eigenvalue weighted by Crippen LogP contribution is -2.02. The van der Waals surface area contributed by atoms with E-state index in [4.69, 9.17) is 11.6 Å². The van der Waals surface area contributed by atoms with Gasteiger partial charge in [-0.05, 0) is 54.2 Å². The van der Waals surface area contributed by atoms with Crippen molar-refractivity contribution in [3.8, 4) is 0 Å². The van der Waals surface area contributed by atoms with Gasteiger partial charge in [0.15, 0.2) is 0 Å². The standard InChI is InChI=1S/C18H21ClO/c1-3-4-5-14-6-8-15(9-7-14)18(20)17-11-10-16(19)12-13(17)2/h6-12,18,20H,3-5H2,1-2H3. The molecular weight excluding hydrogens is 268 g/mol. The summed E-state index contributed by atoms with van der Waals surface area (Å²) >= 11 is 5.96. The van der Waals surface area contributed by atoms with E-state index in [0.29, 0.717) is 5.02 Å². The van der Waals surface area contributed by atoms with Gasteiger partial charge < -0.3 is 5.11 Å². The van der Waals surface area contributed by atoms with E-state index < -0.39 is 6.10 Å². The zero-order valence-electron chi connectivity index (χ0n) is 12.1. The summed E-state index contributed by atoms with van der Waals surface area (Å²) in [6.45, 7) is 4.17. The van der Waals surface area contributed by atoms with Gasteiger partial charge in [-0.15, -0.1) is 0 Å². The molecule has 0 saturated carbocycles. The van der Waals surface area contributed by atoms with Crippen LogP contribution < -0.4 is 0 Å². The van der Waals surface area contributed by atoms with Crippen LogP contribution >= 0.6 is 11.6 Å². The van der Waals surface area contributed by atoms with Crippen molar-refractivity contribution >= 4 is 11.6 Å². The fourth-order valence-electron chi connectivity index (χ4n) is 2.37. The monoisotopic (exact) mass is 288 g/mol. The van der Waals surface area contributed by atoms with E-state index in [9.17, 15) is 5.11 Å². The van der Waals surface area contributed by atoms with Crippen LogP contribution in [0.1, 0.15) is 48.1 Å². The highest BCUT2D eigenvalue weighted by Crippen LogP contribution is 2.27. The number of aryl methyl sites for hydroxylation is 2. The third-order valence-electron chi connectivity index (χ3n) is 3.64. The third-order valence-corrected chi connectivity index (χ3v) is 3.88. The Balaban J connectivity index is 2.18. The Hall–Kier alpha value is -1.31. The predicted octanol–water partition coefficient (Wildman–Crippen LogP) is 5.07. The van der Waals surface area contributed by atoms with Crippen LogP contribution in [0.2, 0.25) is 5.02 Å². The van der Waals surface area contributed by atoms with E-state index in [0.717, 1.165) is 23.1 Å². The minimum atomic E-state index is -0.590. The lowest BCUT2D eigenvalue weighted by molar-refractivity contribution is 0.219. The number of rotatable bonds is 5. The van der Waals surface area contributed by atoms with Crippen molar-refractivity contribution in [2.75, 3.05) is 0 Å². The molecule has 106 valence electrons. The molecule has 20 heavy (non-hydrogen) atoms. The van der Waals surface area contributed by atoms with Gasteiger partial charge >= 0.3 is 0 Å². The first-order valence-electron chi connectivity index (χ1n) is 7.14. The lowest BCUT2D eigenvalue weighted by Gasteiger charge is -2.15. The molecule has 0 aromatic heterocycles. The van der Waals surface area contributed by atoms with Crippen molar-refractivity contribution in [2.45, 2.75) is 39.2 Å². The summed E-state index contributed by atoms with van der Waals surface area (Å²) in [4.78, 5) is 0. The second-order valence-corrected chi connectivity index (χ2v) is 5.69. The fourth-order valence-corrected chi connectivity index (χ4v) is 2.60. The predicted molar refractivity (Wildman–Crippen MR) is 85.3 cm³/mol. The van der Waals surface area contributed by atoms with Crippen molar-refractivity contribution in [3.05, 3.63) is 69.7 Å². The second kappa shape index (κ2) is 6.92. The van der Waals surface area contributed by atoms with E-state index in [2.05, 4.69) is 19.1 Å². The molecule has 0 spiro atoms. The summed E-state index contributed by atoms with van der Waals surface area (Å²) in [7, 11) is 0. The van der Waals surface area contributed by atoms with Crippen LogP contribution in [-0.2, 0) is 6.42 Å². The molecule has 2 heteroatoms. The number of benzene rings is 2. The Bertz CT molecular complexity index is 560. The van der Waals surface area contributed by atoms with Gasteiger partial charge in [0.2, 0.25) is 0 Å². The van der Waals surface area contributed by atoms with Crippen LogP contribution in [0, 0.1) is 6.92 Å². The summed E-state index contributed by atoms with van der Waals surface area (Å²) in [5.74, 6) is 0. The zero-order valence-corrected chi connectivity index (χ0v) is 12.8. The molecule has 0 heterocycles. The molecule has 0 bridgehead atoms. The molecule has 0 saturated heterocycles. The van der Waals surface area contributed by atoms with Crippen LogP contribution in [0.3, 0.4) is 0 Å². The first kappa shape index (κ1) is 15.1. The van der Waals surface area contributed by atoms with Crippen molar-refractivity contribution in [2.24, 2.45) is 0 Å². The summed E-state index contributed by atoms with van der Waals surface area (Å²) in [6, 6.07) is 13.9. The molecule has 2 aromatic rings. The second-order valence-electron chi connectivity index (χ2n) is 5.25. The highest BCUT2D eigenvalue weighted by atomic mass is 35.5. The number of unbranched alkanes of at least 4 members (excludes halogenated alkanes) is 1. The average molecular weight is 289 g/mol. The number of halogens is 1. The molecule has 2 aromatic carbocycles. The first-order chi connectivity index (χ1) is 9.61. The summed E-state index contributed by atoms with van der Waals surface area (Å²) in [5.41, 5.74) is 4.18. The molecule has 0 aliphatic heterocycles. The Kier molecular flexibility index (Phi) is 5.22. The number of aliphatic hydroxyl groups excluding tert-OH is 1. The van der Waals surface area contributed by atoms with Gasteiger partial charge in [-0.1, -0.05) is 55.3 Å². The highest BCUT2D eigenvalue weighted by molar-refractivity contribution is 6.30. The highest BCUT2D eigenvalue weighted by Gasteiger charge is 2.12. The van der Waals surface area contributed by atoms with Crippen LogP contribution in [-0.4, -0.2) is 5.11 Å². The van der Waals surface area contributed by atoms with Crippen LogP contribution in [0.25, 0.3) is 0 Å².